The fourth-order valence-electron chi connectivity index (χ4n) is 4.79. The number of rotatable bonds is 6. The second kappa shape index (κ2) is 10.9. The Morgan fingerprint density at radius 3 is 2.26 bits per heavy atom. The van der Waals surface area contributed by atoms with E-state index in [1.165, 1.54) is 10.4 Å². The van der Waals surface area contributed by atoms with Gasteiger partial charge in [-0.15, -0.1) is 0 Å². The van der Waals surface area contributed by atoms with Crippen LogP contribution in [0.4, 0.5) is 5.69 Å². The van der Waals surface area contributed by atoms with Gasteiger partial charge in [-0.25, -0.2) is 8.42 Å². The second-order valence-corrected chi connectivity index (χ2v) is 11.7. The molecular weight excluding hydrogens is 509 g/mol. The topological polar surface area (TPSA) is 70.2 Å². The minimum absolute atomic E-state index is 0.0732. The summed E-state index contributed by atoms with van der Waals surface area (Å²) in [6.07, 6.45) is 0.992. The Balaban J connectivity index is 1.36. The van der Waals surface area contributed by atoms with Crippen LogP contribution >= 0.6 is 23.2 Å². The molecule has 0 aromatic heterocycles. The van der Waals surface area contributed by atoms with Crippen LogP contribution in [0.25, 0.3) is 0 Å². The fraction of sp³-hybridized carbons (Fsp3) is 0.480. The highest BCUT2D eigenvalue weighted by atomic mass is 35.5. The molecule has 0 saturated carbocycles. The lowest BCUT2D eigenvalue weighted by atomic mass is 9.96. The molecule has 0 atom stereocenters. The third-order valence-corrected chi connectivity index (χ3v) is 9.12. The van der Waals surface area contributed by atoms with E-state index in [2.05, 4.69) is 11.8 Å². The van der Waals surface area contributed by atoms with Gasteiger partial charge in [-0.1, -0.05) is 29.3 Å². The number of amides is 1. The molecule has 4 rings (SSSR count). The van der Waals surface area contributed by atoms with Crippen molar-refractivity contribution in [2.75, 3.05) is 50.8 Å². The van der Waals surface area contributed by atoms with E-state index < -0.39 is 10.0 Å². The lowest BCUT2D eigenvalue weighted by Crippen LogP contribution is -2.52. The zero-order valence-corrected chi connectivity index (χ0v) is 22.4. The Morgan fingerprint density at radius 1 is 0.971 bits per heavy atom. The van der Waals surface area contributed by atoms with Crippen LogP contribution in [0.15, 0.2) is 41.3 Å². The van der Waals surface area contributed by atoms with Crippen LogP contribution in [0.3, 0.4) is 0 Å². The van der Waals surface area contributed by atoms with Crippen LogP contribution in [-0.2, 0) is 14.8 Å². The Hall–Kier alpha value is -2.00. The van der Waals surface area contributed by atoms with Gasteiger partial charge in [0.2, 0.25) is 15.9 Å². The zero-order valence-electron chi connectivity index (χ0n) is 20.0. The lowest BCUT2D eigenvalue weighted by molar-refractivity contribution is -0.137. The molecular formula is C25H31Cl2N3O4S. The first-order valence-corrected chi connectivity index (χ1v) is 14.1. The molecule has 0 radical (unpaired) electrons. The van der Waals surface area contributed by atoms with E-state index in [0.29, 0.717) is 61.4 Å². The standard InChI is InChI=1S/C25H31Cl2N3O4S/c1-3-34-23-7-6-21(27)17-24(23)35(32,33)30-10-8-19(9-11-30)25(31)29-14-12-28(13-15-29)22-16-20(26)5-4-18(22)2/h4-7,16-17,19H,3,8-15H2,1-2H3. The van der Waals surface area contributed by atoms with E-state index in [9.17, 15) is 13.2 Å². The third-order valence-electron chi connectivity index (χ3n) is 6.73. The highest BCUT2D eigenvalue weighted by Crippen LogP contribution is 2.33. The normalized spacial score (nSPS) is 18.1. The van der Waals surface area contributed by atoms with Gasteiger partial charge in [0.1, 0.15) is 10.6 Å². The molecule has 2 aromatic rings. The van der Waals surface area contributed by atoms with Crippen molar-refractivity contribution in [3.63, 3.8) is 0 Å². The van der Waals surface area contributed by atoms with Crippen LogP contribution < -0.4 is 9.64 Å². The van der Waals surface area contributed by atoms with Gasteiger partial charge in [0.15, 0.2) is 0 Å². The van der Waals surface area contributed by atoms with E-state index in [1.54, 1.807) is 19.1 Å². The number of carbonyl (C=O) groups is 1. The van der Waals surface area contributed by atoms with Crippen molar-refractivity contribution in [2.45, 2.75) is 31.6 Å². The molecule has 1 amide bonds. The van der Waals surface area contributed by atoms with Crippen LogP contribution in [0.1, 0.15) is 25.3 Å². The molecule has 2 aliphatic rings. The number of benzene rings is 2. The summed E-state index contributed by atoms with van der Waals surface area (Å²) in [7, 11) is -3.78. The Morgan fingerprint density at radius 2 is 1.60 bits per heavy atom. The van der Waals surface area contributed by atoms with Crippen LogP contribution in [0, 0.1) is 12.8 Å². The van der Waals surface area contributed by atoms with Crippen LogP contribution in [-0.4, -0.2) is 69.4 Å². The van der Waals surface area contributed by atoms with Crippen LogP contribution in [0.2, 0.25) is 10.0 Å². The third kappa shape index (κ3) is 5.71. The SMILES string of the molecule is CCOc1ccc(Cl)cc1S(=O)(=O)N1CCC(C(=O)N2CCN(c3cc(Cl)ccc3C)CC2)CC1. The molecule has 2 saturated heterocycles. The predicted octanol–water partition coefficient (Wildman–Crippen LogP) is 4.45. The molecule has 35 heavy (non-hydrogen) atoms. The number of carbonyl (C=O) groups excluding carboxylic acids is 1. The minimum atomic E-state index is -3.78. The van der Waals surface area contributed by atoms with Gasteiger partial charge in [0, 0.05) is 60.9 Å². The molecule has 2 heterocycles. The van der Waals surface area contributed by atoms with E-state index in [1.807, 2.05) is 23.1 Å². The Labute approximate surface area is 217 Å². The number of hydrogen-bond acceptors (Lipinski definition) is 5. The maximum atomic E-state index is 13.3. The zero-order chi connectivity index (χ0) is 25.2. The minimum Gasteiger partial charge on any atom is -0.492 e. The first kappa shape index (κ1) is 26.1. The van der Waals surface area contributed by atoms with Crippen LogP contribution in [0.5, 0.6) is 5.75 Å². The number of anilines is 1. The molecule has 10 heteroatoms. The summed E-state index contributed by atoms with van der Waals surface area (Å²) in [6, 6.07) is 10.5. The van der Waals surface area contributed by atoms with E-state index in [4.69, 9.17) is 27.9 Å². The number of piperidine rings is 1. The van der Waals surface area contributed by atoms with Gasteiger partial charge >= 0.3 is 0 Å². The Bertz CT molecular complexity index is 1180. The molecule has 2 aliphatic heterocycles. The maximum Gasteiger partial charge on any atom is 0.246 e. The van der Waals surface area contributed by atoms with Gasteiger partial charge in [-0.05, 0) is 62.6 Å². The van der Waals surface area contributed by atoms with Crippen molar-refractivity contribution < 1.29 is 17.9 Å². The smallest absolute Gasteiger partial charge is 0.246 e. The summed E-state index contributed by atoms with van der Waals surface area (Å²) < 4.78 is 33.6. The summed E-state index contributed by atoms with van der Waals surface area (Å²) in [6.45, 7) is 7.57. The van der Waals surface area contributed by atoms with Gasteiger partial charge < -0.3 is 14.5 Å². The van der Waals surface area contributed by atoms with E-state index >= 15 is 0 Å². The first-order valence-electron chi connectivity index (χ1n) is 11.9. The number of ether oxygens (including phenoxy) is 1. The van der Waals surface area contributed by atoms with E-state index in [0.717, 1.165) is 24.3 Å². The number of nitrogens with zero attached hydrogens (tertiary/aromatic N) is 3. The van der Waals surface area contributed by atoms with Crippen molar-refractivity contribution in [3.05, 3.63) is 52.0 Å². The summed E-state index contributed by atoms with van der Waals surface area (Å²) in [5.41, 5.74) is 2.27. The number of halogens is 2. The molecule has 0 aliphatic carbocycles. The van der Waals surface area contributed by atoms with Gasteiger partial charge in [0.05, 0.1) is 6.61 Å². The Kier molecular flexibility index (Phi) is 8.16. The molecule has 0 N–H and O–H groups in total. The largest absolute Gasteiger partial charge is 0.492 e. The molecule has 0 unspecified atom stereocenters. The second-order valence-electron chi connectivity index (χ2n) is 8.95. The molecule has 190 valence electrons. The monoisotopic (exact) mass is 539 g/mol. The predicted molar refractivity (Wildman–Crippen MR) is 139 cm³/mol. The van der Waals surface area contributed by atoms with E-state index in [-0.39, 0.29) is 16.7 Å². The summed E-state index contributed by atoms with van der Waals surface area (Å²) >= 11 is 12.3. The highest BCUT2D eigenvalue weighted by molar-refractivity contribution is 7.89. The van der Waals surface area contributed by atoms with Gasteiger partial charge in [0.25, 0.3) is 0 Å². The highest BCUT2D eigenvalue weighted by Gasteiger charge is 2.36. The number of sulfonamides is 1. The summed E-state index contributed by atoms with van der Waals surface area (Å²) in [5, 5.41) is 1.04. The average Bonchev–Trinajstić information content (AvgIpc) is 2.86. The van der Waals surface area contributed by atoms with Crippen molar-refractivity contribution >= 4 is 44.8 Å². The average molecular weight is 541 g/mol. The summed E-state index contributed by atoms with van der Waals surface area (Å²) in [5.74, 6) is 0.233. The summed E-state index contributed by atoms with van der Waals surface area (Å²) in [4.78, 5) is 17.5. The number of aryl methyl sites for hydroxylation is 1. The van der Waals surface area contributed by atoms with Gasteiger partial charge in [-0.3, -0.25) is 4.79 Å². The van der Waals surface area contributed by atoms with Crippen molar-refractivity contribution in [1.29, 1.82) is 0 Å². The van der Waals surface area contributed by atoms with Crippen molar-refractivity contribution in [1.82, 2.24) is 9.21 Å². The number of piperazine rings is 1. The molecule has 2 aromatic carbocycles. The van der Waals surface area contributed by atoms with Gasteiger partial charge in [-0.2, -0.15) is 4.31 Å². The molecule has 0 bridgehead atoms. The maximum absolute atomic E-state index is 13.3. The first-order chi connectivity index (χ1) is 16.7. The van der Waals surface area contributed by atoms with Crippen molar-refractivity contribution in [2.24, 2.45) is 5.92 Å². The van der Waals surface area contributed by atoms with Crippen molar-refractivity contribution in [3.8, 4) is 5.75 Å². The molecule has 7 nitrogen and oxygen atoms in total. The quantitative estimate of drug-likeness (QED) is 0.542. The fourth-order valence-corrected chi connectivity index (χ4v) is 6.82. The molecule has 2 fully saturated rings. The molecule has 0 spiro atoms. The number of hydrogen-bond donors (Lipinski definition) is 0. The lowest BCUT2D eigenvalue weighted by Gasteiger charge is -2.39.